The van der Waals surface area contributed by atoms with E-state index in [2.05, 4.69) is 6.92 Å². The summed E-state index contributed by atoms with van der Waals surface area (Å²) < 4.78 is 18.0. The molecule has 4 aromatic rings. The van der Waals surface area contributed by atoms with Crippen LogP contribution in [0.5, 0.6) is 17.2 Å². The molecule has 8 nitrogen and oxygen atoms in total. The molecule has 1 aliphatic rings. The Balaban J connectivity index is 1.61. The first-order chi connectivity index (χ1) is 20.4. The minimum absolute atomic E-state index is 0.0124. The molecule has 0 aliphatic carbocycles. The van der Waals surface area contributed by atoms with Crippen LogP contribution >= 0.6 is 11.3 Å². The largest absolute Gasteiger partial charge is 0.507 e. The standard InChI is InChI=1S/C33H34N2O6S/c1-4-7-18-41-23-13-11-21(12-14-23)29-28(30(36)22-9-8-10-24(19-22)40-17-5-2)31(37)32(38)35(29)33-34-26-16-15-25(39-6-3)20-27(26)42-33/h8-16,19-20,29,36H,4-7,17-18H2,1-3H3/b30-28+. The van der Waals surface area contributed by atoms with E-state index in [4.69, 9.17) is 19.2 Å². The van der Waals surface area contributed by atoms with E-state index in [1.165, 1.54) is 16.2 Å². The minimum atomic E-state index is -0.901. The van der Waals surface area contributed by atoms with Gasteiger partial charge in [-0.25, -0.2) is 4.98 Å². The fraction of sp³-hybridized carbons (Fsp3) is 0.303. The molecule has 1 unspecified atom stereocenters. The molecule has 0 spiro atoms. The van der Waals surface area contributed by atoms with Crippen molar-refractivity contribution in [1.82, 2.24) is 4.98 Å². The van der Waals surface area contributed by atoms with Gasteiger partial charge >= 0.3 is 5.91 Å². The number of rotatable bonds is 12. The Bertz CT molecular complexity index is 1610. The van der Waals surface area contributed by atoms with E-state index in [-0.39, 0.29) is 11.3 Å². The van der Waals surface area contributed by atoms with Crippen molar-refractivity contribution >= 4 is 44.1 Å². The number of fused-ring (bicyclic) bond motifs is 1. The van der Waals surface area contributed by atoms with E-state index in [1.807, 2.05) is 56.3 Å². The van der Waals surface area contributed by atoms with Crippen LogP contribution in [0.2, 0.25) is 0 Å². The molecule has 3 aromatic carbocycles. The smallest absolute Gasteiger partial charge is 0.301 e. The van der Waals surface area contributed by atoms with Crippen LogP contribution in [0.3, 0.4) is 0 Å². The molecule has 0 saturated carbocycles. The second kappa shape index (κ2) is 13.1. The number of benzene rings is 3. The molecule has 1 amide bonds. The van der Waals surface area contributed by atoms with Crippen molar-refractivity contribution < 1.29 is 28.9 Å². The summed E-state index contributed by atoms with van der Waals surface area (Å²) in [4.78, 5) is 33.4. The summed E-state index contributed by atoms with van der Waals surface area (Å²) in [5, 5.41) is 11.9. The molecule has 0 bridgehead atoms. The Labute approximate surface area is 249 Å². The van der Waals surface area contributed by atoms with Gasteiger partial charge in [0.05, 0.1) is 41.7 Å². The normalized spacial score (nSPS) is 16.3. The van der Waals surface area contributed by atoms with Crippen molar-refractivity contribution in [2.75, 3.05) is 24.7 Å². The molecule has 0 radical (unpaired) electrons. The van der Waals surface area contributed by atoms with Gasteiger partial charge in [-0.2, -0.15) is 0 Å². The Morgan fingerprint density at radius 3 is 2.36 bits per heavy atom. The number of thiazole rings is 1. The van der Waals surface area contributed by atoms with Gasteiger partial charge < -0.3 is 19.3 Å². The number of aromatic nitrogens is 1. The quantitative estimate of drug-likeness (QED) is 0.0806. The molecule has 1 aromatic heterocycles. The summed E-state index contributed by atoms with van der Waals surface area (Å²) in [6.07, 6.45) is 2.78. The number of ketones is 1. The van der Waals surface area contributed by atoms with E-state index in [0.29, 0.717) is 58.8 Å². The number of Topliss-reactive ketones (excluding diaryl/α,β-unsaturated/α-hetero) is 1. The molecular weight excluding hydrogens is 552 g/mol. The number of amides is 1. The van der Waals surface area contributed by atoms with E-state index in [1.54, 1.807) is 24.3 Å². The van der Waals surface area contributed by atoms with Gasteiger partial charge in [0, 0.05) is 5.56 Å². The number of ether oxygens (including phenoxy) is 3. The highest BCUT2D eigenvalue weighted by atomic mass is 32.1. The number of hydrogen-bond donors (Lipinski definition) is 1. The first kappa shape index (κ1) is 29.1. The van der Waals surface area contributed by atoms with Crippen molar-refractivity contribution in [3.8, 4) is 17.2 Å². The summed E-state index contributed by atoms with van der Waals surface area (Å²) in [6.45, 7) is 7.65. The van der Waals surface area contributed by atoms with Crippen molar-refractivity contribution in [2.45, 2.75) is 46.1 Å². The van der Waals surface area contributed by atoms with Gasteiger partial charge in [0.1, 0.15) is 23.0 Å². The van der Waals surface area contributed by atoms with Crippen LogP contribution in [0.15, 0.2) is 72.3 Å². The van der Waals surface area contributed by atoms with Crippen LogP contribution in [0.25, 0.3) is 16.0 Å². The first-order valence-corrected chi connectivity index (χ1v) is 15.1. The fourth-order valence-corrected chi connectivity index (χ4v) is 5.81. The number of aliphatic hydroxyl groups is 1. The lowest BCUT2D eigenvalue weighted by Gasteiger charge is -2.23. The van der Waals surface area contributed by atoms with E-state index in [0.717, 1.165) is 24.0 Å². The van der Waals surface area contributed by atoms with Gasteiger partial charge in [-0.3, -0.25) is 14.5 Å². The number of nitrogens with zero attached hydrogens (tertiary/aromatic N) is 2. The topological polar surface area (TPSA) is 98.2 Å². The van der Waals surface area contributed by atoms with E-state index < -0.39 is 17.7 Å². The zero-order valence-corrected chi connectivity index (χ0v) is 24.8. The maximum atomic E-state index is 13.7. The molecular formula is C33H34N2O6S. The zero-order valence-electron chi connectivity index (χ0n) is 24.0. The summed E-state index contributed by atoms with van der Waals surface area (Å²) in [6, 6.07) is 18.8. The third-order valence-electron chi connectivity index (χ3n) is 6.85. The number of hydrogen-bond acceptors (Lipinski definition) is 8. The van der Waals surface area contributed by atoms with Crippen LogP contribution in [0, 0.1) is 0 Å². The maximum absolute atomic E-state index is 13.7. The van der Waals surface area contributed by atoms with Gasteiger partial charge in [0.25, 0.3) is 5.78 Å². The second-order valence-corrected chi connectivity index (χ2v) is 10.9. The highest BCUT2D eigenvalue weighted by molar-refractivity contribution is 7.22. The Kier molecular flexibility index (Phi) is 9.07. The number of anilines is 1. The zero-order chi connectivity index (χ0) is 29.6. The van der Waals surface area contributed by atoms with Crippen LogP contribution < -0.4 is 19.1 Å². The predicted molar refractivity (Wildman–Crippen MR) is 165 cm³/mol. The lowest BCUT2D eigenvalue weighted by atomic mass is 9.95. The van der Waals surface area contributed by atoms with E-state index >= 15 is 0 Å². The predicted octanol–water partition coefficient (Wildman–Crippen LogP) is 7.29. The number of carbonyl (C=O) groups is 2. The Hall–Kier alpha value is -4.37. The van der Waals surface area contributed by atoms with Gasteiger partial charge in [-0.1, -0.05) is 55.9 Å². The third-order valence-corrected chi connectivity index (χ3v) is 7.87. The van der Waals surface area contributed by atoms with Crippen LogP contribution in [0.1, 0.15) is 57.2 Å². The fourth-order valence-electron chi connectivity index (χ4n) is 4.79. The molecule has 1 atom stereocenters. The third kappa shape index (κ3) is 5.97. The average Bonchev–Trinajstić information content (AvgIpc) is 3.54. The highest BCUT2D eigenvalue weighted by Gasteiger charge is 2.48. The lowest BCUT2D eigenvalue weighted by molar-refractivity contribution is -0.132. The van der Waals surface area contributed by atoms with Crippen molar-refractivity contribution in [3.05, 3.63) is 83.4 Å². The summed E-state index contributed by atoms with van der Waals surface area (Å²) in [5.74, 6) is 0.139. The van der Waals surface area contributed by atoms with Crippen molar-refractivity contribution in [3.63, 3.8) is 0 Å². The molecule has 1 fully saturated rings. The van der Waals surface area contributed by atoms with Gasteiger partial charge in [-0.15, -0.1) is 0 Å². The summed E-state index contributed by atoms with van der Waals surface area (Å²) in [5.41, 5.74) is 1.70. The SMILES string of the molecule is CCCCOc1ccc(C2/C(=C(\O)c3cccc(OCCC)c3)C(=O)C(=O)N2c2nc3ccc(OCC)cc3s2)cc1. The van der Waals surface area contributed by atoms with E-state index in [9.17, 15) is 14.7 Å². The number of unbranched alkanes of at least 4 members (excludes halogenated alkanes) is 1. The number of carbonyl (C=O) groups excluding carboxylic acids is 2. The number of aliphatic hydroxyl groups excluding tert-OH is 1. The molecule has 218 valence electrons. The molecule has 1 N–H and O–H groups in total. The van der Waals surface area contributed by atoms with Crippen molar-refractivity contribution in [2.24, 2.45) is 0 Å². The monoisotopic (exact) mass is 586 g/mol. The molecule has 5 rings (SSSR count). The molecule has 2 heterocycles. The van der Waals surface area contributed by atoms with Crippen LogP contribution in [-0.4, -0.2) is 41.6 Å². The Morgan fingerprint density at radius 2 is 1.62 bits per heavy atom. The highest BCUT2D eigenvalue weighted by Crippen LogP contribution is 2.45. The van der Waals surface area contributed by atoms with Crippen LogP contribution in [0.4, 0.5) is 5.13 Å². The molecule has 9 heteroatoms. The average molecular weight is 587 g/mol. The lowest BCUT2D eigenvalue weighted by Crippen LogP contribution is -2.29. The van der Waals surface area contributed by atoms with Crippen molar-refractivity contribution in [1.29, 1.82) is 0 Å². The summed E-state index contributed by atoms with van der Waals surface area (Å²) in [7, 11) is 0. The molecule has 1 aliphatic heterocycles. The molecule has 42 heavy (non-hydrogen) atoms. The second-order valence-electron chi connectivity index (χ2n) is 9.88. The Morgan fingerprint density at radius 1 is 0.881 bits per heavy atom. The van der Waals surface area contributed by atoms with Crippen LogP contribution in [-0.2, 0) is 9.59 Å². The maximum Gasteiger partial charge on any atom is 0.301 e. The van der Waals surface area contributed by atoms with Gasteiger partial charge in [-0.05, 0) is 67.8 Å². The summed E-state index contributed by atoms with van der Waals surface area (Å²) >= 11 is 1.29. The van der Waals surface area contributed by atoms with Gasteiger partial charge in [0.15, 0.2) is 5.13 Å². The molecule has 1 saturated heterocycles. The first-order valence-electron chi connectivity index (χ1n) is 14.3. The van der Waals surface area contributed by atoms with Gasteiger partial charge in [0.2, 0.25) is 0 Å². The minimum Gasteiger partial charge on any atom is -0.507 e.